The van der Waals surface area contributed by atoms with Crippen LogP contribution < -0.4 is 15.0 Å². The van der Waals surface area contributed by atoms with Crippen LogP contribution in [0.2, 0.25) is 0 Å². The van der Waals surface area contributed by atoms with Gasteiger partial charge in [-0.3, -0.25) is 14.3 Å². The summed E-state index contributed by atoms with van der Waals surface area (Å²) < 4.78 is 21.7. The molecule has 2 aromatic carbocycles. The summed E-state index contributed by atoms with van der Waals surface area (Å²) in [5, 5.41) is 6.65. The van der Waals surface area contributed by atoms with E-state index >= 15 is 0 Å². The standard InChI is InChI=1S/C29H24FN5O3/c1-19-7-6-10-22(31-19)13-11-20-12-14-26-25(15-20)34(2)29(37)24(18-38-26)32-28(36)27-23(30)17-35(33-27)16-21-8-4-3-5-9-21/h3-10,12,14-15,17,24H,16,18H2,1-2H3,(H,32,36)/t24-/m0/s1. The molecule has 1 atom stereocenters. The average Bonchev–Trinajstić information content (AvgIpc) is 3.24. The van der Waals surface area contributed by atoms with Crippen molar-refractivity contribution in [2.45, 2.75) is 19.5 Å². The molecule has 4 aromatic rings. The number of halogens is 1. The van der Waals surface area contributed by atoms with Crippen LogP contribution in [-0.2, 0) is 11.3 Å². The van der Waals surface area contributed by atoms with Crippen molar-refractivity contribution in [1.29, 1.82) is 0 Å². The number of pyridine rings is 1. The molecular weight excluding hydrogens is 485 g/mol. The number of ether oxygens (including phenoxy) is 1. The first-order valence-corrected chi connectivity index (χ1v) is 12.0. The number of carbonyl (C=O) groups excluding carboxylic acids is 2. The van der Waals surface area contributed by atoms with E-state index in [-0.39, 0.29) is 12.3 Å². The van der Waals surface area contributed by atoms with Gasteiger partial charge >= 0.3 is 0 Å². The van der Waals surface area contributed by atoms with E-state index < -0.39 is 23.7 Å². The highest BCUT2D eigenvalue weighted by Gasteiger charge is 2.32. The number of rotatable bonds is 4. The lowest BCUT2D eigenvalue weighted by Gasteiger charge is -2.20. The highest BCUT2D eigenvalue weighted by atomic mass is 19.1. The minimum atomic E-state index is -1.04. The van der Waals surface area contributed by atoms with Crippen LogP contribution >= 0.6 is 0 Å². The first-order chi connectivity index (χ1) is 18.4. The van der Waals surface area contributed by atoms with Crippen molar-refractivity contribution in [2.24, 2.45) is 0 Å². The molecule has 2 aromatic heterocycles. The van der Waals surface area contributed by atoms with E-state index in [0.717, 1.165) is 17.5 Å². The molecular formula is C29H24FN5O3. The number of hydrogen-bond acceptors (Lipinski definition) is 5. The third kappa shape index (κ3) is 5.39. The zero-order valence-electron chi connectivity index (χ0n) is 20.8. The molecule has 0 saturated carbocycles. The summed E-state index contributed by atoms with van der Waals surface area (Å²) >= 11 is 0. The molecule has 0 aliphatic carbocycles. The van der Waals surface area contributed by atoms with Crippen LogP contribution in [-0.4, -0.2) is 46.3 Å². The molecule has 3 heterocycles. The Kier molecular flexibility index (Phi) is 6.87. The third-order valence-corrected chi connectivity index (χ3v) is 6.00. The Balaban J connectivity index is 1.30. The maximum Gasteiger partial charge on any atom is 0.275 e. The number of benzene rings is 2. The molecule has 2 amide bonds. The van der Waals surface area contributed by atoms with Gasteiger partial charge in [-0.15, -0.1) is 0 Å². The zero-order chi connectivity index (χ0) is 26.6. The maximum atomic E-state index is 14.6. The second-order valence-electron chi connectivity index (χ2n) is 8.84. The molecule has 0 fully saturated rings. The van der Waals surface area contributed by atoms with Gasteiger partial charge in [-0.1, -0.05) is 42.3 Å². The molecule has 0 unspecified atom stereocenters. The van der Waals surface area contributed by atoms with Gasteiger partial charge in [0.1, 0.15) is 24.1 Å². The molecule has 0 radical (unpaired) electrons. The Morgan fingerprint density at radius 1 is 1.13 bits per heavy atom. The van der Waals surface area contributed by atoms with Gasteiger partial charge in [0.15, 0.2) is 11.5 Å². The largest absolute Gasteiger partial charge is 0.489 e. The van der Waals surface area contributed by atoms with Gasteiger partial charge in [0.05, 0.1) is 18.4 Å². The van der Waals surface area contributed by atoms with E-state index in [9.17, 15) is 14.0 Å². The smallest absolute Gasteiger partial charge is 0.275 e. The molecule has 1 aliphatic rings. The number of aromatic nitrogens is 3. The summed E-state index contributed by atoms with van der Waals surface area (Å²) in [6.45, 7) is 2.08. The number of amides is 2. The summed E-state index contributed by atoms with van der Waals surface area (Å²) in [5.41, 5.74) is 3.21. The monoisotopic (exact) mass is 509 g/mol. The predicted molar refractivity (Wildman–Crippen MR) is 139 cm³/mol. The third-order valence-electron chi connectivity index (χ3n) is 6.00. The van der Waals surface area contributed by atoms with E-state index in [1.807, 2.05) is 55.5 Å². The predicted octanol–water partition coefficient (Wildman–Crippen LogP) is 3.33. The highest BCUT2D eigenvalue weighted by molar-refractivity contribution is 6.03. The van der Waals surface area contributed by atoms with Crippen LogP contribution in [0.4, 0.5) is 10.1 Å². The van der Waals surface area contributed by atoms with Crippen molar-refractivity contribution >= 4 is 17.5 Å². The Bertz CT molecular complexity index is 1570. The summed E-state index contributed by atoms with van der Waals surface area (Å²) in [5.74, 6) is 4.56. The SMILES string of the molecule is Cc1cccc(C#Cc2ccc3c(c2)N(C)C(=O)[C@@H](NC(=O)c2nn(Cc4ccccc4)cc2F)CO3)n1. The van der Waals surface area contributed by atoms with Gasteiger partial charge in [0.25, 0.3) is 11.8 Å². The number of fused-ring (bicyclic) bond motifs is 1. The number of nitrogens with one attached hydrogen (secondary N) is 1. The normalized spacial score (nSPS) is 14.6. The second kappa shape index (κ2) is 10.6. The summed E-state index contributed by atoms with van der Waals surface area (Å²) in [6, 6.07) is 19.2. The van der Waals surface area contributed by atoms with Crippen LogP contribution in [0.5, 0.6) is 5.75 Å². The molecule has 8 nitrogen and oxygen atoms in total. The molecule has 38 heavy (non-hydrogen) atoms. The van der Waals surface area contributed by atoms with Gasteiger partial charge < -0.3 is 15.0 Å². The fourth-order valence-corrected chi connectivity index (χ4v) is 4.06. The van der Waals surface area contributed by atoms with Crippen molar-refractivity contribution in [1.82, 2.24) is 20.1 Å². The summed E-state index contributed by atoms with van der Waals surface area (Å²) in [4.78, 5) is 31.8. The Labute approximate surface area is 219 Å². The first kappa shape index (κ1) is 24.7. The van der Waals surface area contributed by atoms with Crippen LogP contribution in [0.15, 0.2) is 72.9 Å². The van der Waals surface area contributed by atoms with Gasteiger partial charge in [0.2, 0.25) is 0 Å². The highest BCUT2D eigenvalue weighted by Crippen LogP contribution is 2.31. The molecule has 5 rings (SSSR count). The van der Waals surface area contributed by atoms with Crippen molar-refractivity contribution < 1.29 is 18.7 Å². The van der Waals surface area contributed by atoms with Gasteiger partial charge in [-0.25, -0.2) is 9.37 Å². The summed E-state index contributed by atoms with van der Waals surface area (Å²) in [7, 11) is 1.59. The lowest BCUT2D eigenvalue weighted by Crippen LogP contribution is -2.49. The number of nitrogens with zero attached hydrogens (tertiary/aromatic N) is 4. The van der Waals surface area contributed by atoms with E-state index in [2.05, 4.69) is 27.2 Å². The molecule has 0 saturated heterocycles. The minimum absolute atomic E-state index is 0.119. The number of carbonyl (C=O) groups is 2. The Morgan fingerprint density at radius 3 is 2.74 bits per heavy atom. The fraction of sp³-hybridized carbons (Fsp3) is 0.172. The number of aryl methyl sites for hydroxylation is 1. The lowest BCUT2D eigenvalue weighted by molar-refractivity contribution is -0.120. The number of hydrogen-bond donors (Lipinski definition) is 1. The van der Waals surface area contributed by atoms with Crippen LogP contribution in [0.1, 0.15) is 33.0 Å². The first-order valence-electron chi connectivity index (χ1n) is 12.0. The van der Waals surface area contributed by atoms with Crippen LogP contribution in [0, 0.1) is 24.6 Å². The summed E-state index contributed by atoms with van der Waals surface area (Å²) in [6.07, 6.45) is 1.16. The molecule has 0 spiro atoms. The van der Waals surface area contributed by atoms with E-state index in [1.165, 1.54) is 9.58 Å². The van der Waals surface area contributed by atoms with E-state index in [4.69, 9.17) is 4.74 Å². The topological polar surface area (TPSA) is 89.4 Å². The van der Waals surface area contributed by atoms with Gasteiger partial charge in [-0.2, -0.15) is 5.10 Å². The fourth-order valence-electron chi connectivity index (χ4n) is 4.06. The van der Waals surface area contributed by atoms with Crippen LogP contribution in [0.25, 0.3) is 0 Å². The van der Waals surface area contributed by atoms with E-state index in [1.54, 1.807) is 25.2 Å². The van der Waals surface area contributed by atoms with Crippen molar-refractivity contribution in [3.8, 4) is 17.6 Å². The molecule has 9 heteroatoms. The second-order valence-corrected chi connectivity index (χ2v) is 8.84. The Hall–Kier alpha value is -4.97. The van der Waals surface area contributed by atoms with Gasteiger partial charge in [0, 0.05) is 18.3 Å². The minimum Gasteiger partial charge on any atom is -0.489 e. The molecule has 190 valence electrons. The average molecular weight is 510 g/mol. The Morgan fingerprint density at radius 2 is 1.95 bits per heavy atom. The van der Waals surface area contributed by atoms with Gasteiger partial charge in [-0.05, 0) is 48.7 Å². The van der Waals surface area contributed by atoms with E-state index in [0.29, 0.717) is 29.2 Å². The quantitative estimate of drug-likeness (QED) is 0.427. The van der Waals surface area contributed by atoms with Crippen molar-refractivity contribution in [2.75, 3.05) is 18.6 Å². The number of likely N-dealkylation sites (N-methyl/N-ethyl adjacent to an activating group) is 1. The lowest BCUT2D eigenvalue weighted by atomic mass is 10.1. The molecule has 0 bridgehead atoms. The molecule has 1 aliphatic heterocycles. The zero-order valence-corrected chi connectivity index (χ0v) is 20.8. The maximum absolute atomic E-state index is 14.6. The van der Waals surface area contributed by atoms with Crippen molar-refractivity contribution in [3.05, 3.63) is 107 Å². The number of anilines is 1. The molecule has 1 N–H and O–H groups in total. The van der Waals surface area contributed by atoms with Crippen LogP contribution in [0.3, 0.4) is 0 Å². The van der Waals surface area contributed by atoms with Crippen molar-refractivity contribution in [3.63, 3.8) is 0 Å².